The van der Waals surface area contributed by atoms with E-state index in [1.807, 2.05) is 0 Å². The van der Waals surface area contributed by atoms with Gasteiger partial charge in [0.1, 0.15) is 6.10 Å². The molecule has 2 unspecified atom stereocenters. The molecule has 1 aromatic rings. The summed E-state index contributed by atoms with van der Waals surface area (Å²) in [6, 6.07) is 4.71. The van der Waals surface area contributed by atoms with E-state index in [0.717, 1.165) is 0 Å². The number of ketones is 1. The fourth-order valence-electron chi connectivity index (χ4n) is 1.55. The molecular formula is C12H16BrNO3. The lowest BCUT2D eigenvalue weighted by Gasteiger charge is -2.18. The lowest BCUT2D eigenvalue weighted by atomic mass is 9.98. The van der Waals surface area contributed by atoms with Gasteiger partial charge in [0.15, 0.2) is 5.78 Å². The maximum atomic E-state index is 11.3. The third-order valence-electron chi connectivity index (χ3n) is 2.57. The van der Waals surface area contributed by atoms with Crippen LogP contribution < -0.4 is 5.73 Å². The van der Waals surface area contributed by atoms with Crippen LogP contribution in [0.3, 0.4) is 0 Å². The molecule has 0 aromatic heterocycles. The average molecular weight is 302 g/mol. The van der Waals surface area contributed by atoms with E-state index in [0.29, 0.717) is 28.6 Å². The van der Waals surface area contributed by atoms with Crippen molar-refractivity contribution in [2.45, 2.75) is 25.6 Å². The second-order valence-corrected chi connectivity index (χ2v) is 4.69. The molecular weight excluding hydrogens is 286 g/mol. The van der Waals surface area contributed by atoms with Gasteiger partial charge in [0.25, 0.3) is 0 Å². The largest absolute Gasteiger partial charge is 0.398 e. The predicted molar refractivity (Wildman–Crippen MR) is 70.2 cm³/mol. The molecule has 0 spiro atoms. The van der Waals surface area contributed by atoms with E-state index in [-0.39, 0.29) is 5.78 Å². The van der Waals surface area contributed by atoms with E-state index in [1.165, 1.54) is 13.0 Å². The number of carbonyl (C=O) groups excluding carboxylic acids is 1. The number of benzene rings is 1. The van der Waals surface area contributed by atoms with Gasteiger partial charge < -0.3 is 15.9 Å². The summed E-state index contributed by atoms with van der Waals surface area (Å²) in [6.45, 7) is 1.41. The molecule has 1 aromatic carbocycles. The van der Waals surface area contributed by atoms with E-state index in [2.05, 4.69) is 15.9 Å². The Morgan fingerprint density at radius 1 is 1.47 bits per heavy atom. The summed E-state index contributed by atoms with van der Waals surface area (Å²) in [4.78, 5) is 11.3. The molecule has 0 fully saturated rings. The highest BCUT2D eigenvalue weighted by Crippen LogP contribution is 2.23. The maximum Gasteiger partial charge on any atom is 0.161 e. The number of nitrogen functional groups attached to an aromatic ring is 1. The number of halogens is 1. The molecule has 0 aliphatic rings. The van der Waals surface area contributed by atoms with Crippen LogP contribution in [-0.2, 0) is 0 Å². The van der Waals surface area contributed by atoms with Crippen LogP contribution in [0.2, 0.25) is 0 Å². The summed E-state index contributed by atoms with van der Waals surface area (Å²) in [5, 5.41) is 20.2. The van der Waals surface area contributed by atoms with Crippen molar-refractivity contribution in [3.63, 3.8) is 0 Å². The zero-order valence-electron chi connectivity index (χ0n) is 9.56. The molecule has 4 nitrogen and oxygen atoms in total. The molecule has 0 amide bonds. The molecule has 2 atom stereocenters. The lowest BCUT2D eigenvalue weighted by molar-refractivity contribution is 0.0173. The zero-order valence-corrected chi connectivity index (χ0v) is 11.1. The Bertz CT molecular complexity index is 409. The minimum absolute atomic E-state index is 0.161. The highest BCUT2D eigenvalue weighted by molar-refractivity contribution is 9.09. The van der Waals surface area contributed by atoms with Crippen molar-refractivity contribution in [2.75, 3.05) is 11.1 Å². The number of aliphatic hydroxyl groups excluding tert-OH is 2. The third kappa shape index (κ3) is 3.52. The van der Waals surface area contributed by atoms with Gasteiger partial charge in [0.05, 0.1) is 6.10 Å². The van der Waals surface area contributed by atoms with E-state index in [1.54, 1.807) is 12.1 Å². The van der Waals surface area contributed by atoms with Crippen LogP contribution >= 0.6 is 15.9 Å². The summed E-state index contributed by atoms with van der Waals surface area (Å²) >= 11 is 3.19. The number of carbonyl (C=O) groups is 1. The van der Waals surface area contributed by atoms with Crippen LogP contribution in [0.25, 0.3) is 0 Å². The molecule has 94 valence electrons. The van der Waals surface area contributed by atoms with Crippen molar-refractivity contribution >= 4 is 27.4 Å². The van der Waals surface area contributed by atoms with Gasteiger partial charge in [-0.15, -0.1) is 0 Å². The molecule has 0 aliphatic heterocycles. The summed E-state index contributed by atoms with van der Waals surface area (Å²) in [5.74, 6) is -0.161. The molecule has 1 rings (SSSR count). The fraction of sp³-hybridized carbons (Fsp3) is 0.417. The quantitative estimate of drug-likeness (QED) is 0.439. The van der Waals surface area contributed by atoms with E-state index in [9.17, 15) is 15.0 Å². The molecule has 0 saturated carbocycles. The van der Waals surface area contributed by atoms with Crippen molar-refractivity contribution in [3.8, 4) is 0 Å². The predicted octanol–water partition coefficient (Wildman–Crippen LogP) is 1.65. The Hall–Kier alpha value is -0.910. The molecule has 0 heterocycles. The van der Waals surface area contributed by atoms with Gasteiger partial charge in [-0.05, 0) is 31.0 Å². The third-order valence-corrected chi connectivity index (χ3v) is 3.03. The van der Waals surface area contributed by atoms with Crippen molar-refractivity contribution in [3.05, 3.63) is 29.3 Å². The van der Waals surface area contributed by atoms with Crippen LogP contribution in [0.5, 0.6) is 0 Å². The second-order valence-electron chi connectivity index (χ2n) is 3.89. The van der Waals surface area contributed by atoms with Crippen LogP contribution in [0.15, 0.2) is 18.2 Å². The number of hydrogen-bond acceptors (Lipinski definition) is 4. The van der Waals surface area contributed by atoms with E-state index < -0.39 is 12.2 Å². The normalized spacial score (nSPS) is 14.4. The van der Waals surface area contributed by atoms with Crippen LogP contribution in [0, 0.1) is 0 Å². The minimum Gasteiger partial charge on any atom is -0.398 e. The minimum atomic E-state index is -1.01. The topological polar surface area (TPSA) is 83.5 Å². The molecule has 4 N–H and O–H groups in total. The van der Waals surface area contributed by atoms with E-state index >= 15 is 0 Å². The first-order valence-electron chi connectivity index (χ1n) is 5.29. The number of anilines is 1. The van der Waals surface area contributed by atoms with Gasteiger partial charge >= 0.3 is 0 Å². The smallest absolute Gasteiger partial charge is 0.161 e. The fourth-order valence-corrected chi connectivity index (χ4v) is 2.02. The van der Waals surface area contributed by atoms with Crippen LogP contribution in [0.4, 0.5) is 5.69 Å². The monoisotopic (exact) mass is 301 g/mol. The number of hydrogen-bond donors (Lipinski definition) is 3. The Balaban J connectivity index is 2.99. The van der Waals surface area contributed by atoms with E-state index in [4.69, 9.17) is 5.73 Å². The number of aliphatic hydroxyl groups is 2. The maximum absolute atomic E-state index is 11.3. The van der Waals surface area contributed by atoms with Crippen molar-refractivity contribution in [1.82, 2.24) is 0 Å². The number of alkyl halides is 1. The van der Waals surface area contributed by atoms with Gasteiger partial charge in [-0.2, -0.15) is 0 Å². The zero-order chi connectivity index (χ0) is 13.0. The highest BCUT2D eigenvalue weighted by atomic mass is 79.9. The molecule has 0 radical (unpaired) electrons. The van der Waals surface area contributed by atoms with Crippen molar-refractivity contribution < 1.29 is 15.0 Å². The molecule has 0 bridgehead atoms. The Morgan fingerprint density at radius 3 is 2.65 bits per heavy atom. The Morgan fingerprint density at radius 2 is 2.12 bits per heavy atom. The first-order chi connectivity index (χ1) is 7.97. The Labute approximate surface area is 109 Å². The van der Waals surface area contributed by atoms with Gasteiger partial charge in [-0.1, -0.05) is 22.0 Å². The number of Topliss-reactive ketones (excluding diaryl/α,β-unsaturated/α-hetero) is 1. The van der Waals surface area contributed by atoms with Crippen LogP contribution in [0.1, 0.15) is 35.4 Å². The summed E-state index contributed by atoms with van der Waals surface area (Å²) in [5.41, 5.74) is 6.90. The number of nitrogens with two attached hydrogens (primary N) is 1. The van der Waals surface area contributed by atoms with Gasteiger partial charge in [0.2, 0.25) is 0 Å². The highest BCUT2D eigenvalue weighted by Gasteiger charge is 2.19. The SMILES string of the molecule is CC(=O)c1cc(C(O)C(O)CCBr)ccc1N. The first-order valence-corrected chi connectivity index (χ1v) is 6.42. The summed E-state index contributed by atoms with van der Waals surface area (Å²) < 4.78 is 0. The molecule has 5 heteroatoms. The molecule has 0 aliphatic carbocycles. The van der Waals surface area contributed by atoms with Gasteiger partial charge in [-0.25, -0.2) is 0 Å². The van der Waals surface area contributed by atoms with Crippen molar-refractivity contribution in [1.29, 1.82) is 0 Å². The average Bonchev–Trinajstić information content (AvgIpc) is 2.28. The first kappa shape index (κ1) is 14.2. The number of rotatable bonds is 5. The van der Waals surface area contributed by atoms with Gasteiger partial charge in [-0.3, -0.25) is 4.79 Å². The van der Waals surface area contributed by atoms with Crippen molar-refractivity contribution in [2.24, 2.45) is 0 Å². The van der Waals surface area contributed by atoms with Crippen LogP contribution in [-0.4, -0.2) is 27.4 Å². The second kappa shape index (κ2) is 6.14. The standard InChI is InChI=1S/C12H16BrNO3/c1-7(15)9-6-8(2-3-10(9)14)12(17)11(16)4-5-13/h2-3,6,11-12,16-17H,4-5,14H2,1H3. The lowest BCUT2D eigenvalue weighted by Crippen LogP contribution is -2.19. The summed E-state index contributed by atoms with van der Waals surface area (Å²) in [7, 11) is 0. The van der Waals surface area contributed by atoms with Gasteiger partial charge in [0, 0.05) is 16.6 Å². The molecule has 17 heavy (non-hydrogen) atoms. The Kier molecular flexibility index (Phi) is 5.11. The summed E-state index contributed by atoms with van der Waals surface area (Å²) in [6.07, 6.45) is -1.44. The molecule has 0 saturated heterocycles.